The molecule has 1 atom stereocenters. The van der Waals surface area contributed by atoms with Crippen molar-refractivity contribution >= 4 is 17.4 Å². The quantitative estimate of drug-likeness (QED) is 0.593. The fraction of sp³-hybridized carbons (Fsp3) is 0.571. The summed E-state index contributed by atoms with van der Waals surface area (Å²) in [6.07, 6.45) is 1.08. The maximum absolute atomic E-state index is 5.68. The third-order valence-electron chi connectivity index (χ3n) is 2.74. The normalized spacial score (nSPS) is 12.7. The molecule has 0 aliphatic carbocycles. The number of nitrogen functional groups attached to an aromatic ring is 1. The van der Waals surface area contributed by atoms with Crippen LogP contribution in [0.25, 0.3) is 0 Å². The Balaban J connectivity index is 2.12. The third kappa shape index (κ3) is 5.87. The van der Waals surface area contributed by atoms with Crippen LogP contribution in [0.2, 0.25) is 0 Å². The maximum atomic E-state index is 5.68. The summed E-state index contributed by atoms with van der Waals surface area (Å²) in [5.74, 6) is 2.77. The molecule has 17 heavy (non-hydrogen) atoms. The minimum atomic E-state index is 0.724. The largest absolute Gasteiger partial charge is 0.493 e. The summed E-state index contributed by atoms with van der Waals surface area (Å²) in [4.78, 5) is 0. The van der Waals surface area contributed by atoms with Gasteiger partial charge in [-0.05, 0) is 30.2 Å². The molecule has 1 aromatic carbocycles. The summed E-state index contributed by atoms with van der Waals surface area (Å²) in [6, 6.07) is 7.59. The first-order valence-corrected chi connectivity index (χ1v) is 7.24. The van der Waals surface area contributed by atoms with Crippen molar-refractivity contribution in [2.45, 2.75) is 32.4 Å². The third-order valence-corrected chi connectivity index (χ3v) is 4.33. The molecule has 0 radical (unpaired) electrons. The molecule has 0 heterocycles. The van der Waals surface area contributed by atoms with E-state index in [0.29, 0.717) is 0 Å². The first-order chi connectivity index (χ1) is 8.09. The Labute approximate surface area is 109 Å². The molecule has 1 aromatic rings. The van der Waals surface area contributed by atoms with Crippen LogP contribution >= 0.6 is 11.8 Å². The van der Waals surface area contributed by atoms with E-state index in [-0.39, 0.29) is 0 Å². The second-order valence-corrected chi connectivity index (χ2v) is 6.08. The molecule has 0 amide bonds. The van der Waals surface area contributed by atoms with Crippen LogP contribution in [-0.4, -0.2) is 17.6 Å². The number of nitrogens with two attached hydrogens (primary N) is 1. The minimum absolute atomic E-state index is 0.724. The van der Waals surface area contributed by atoms with Crippen molar-refractivity contribution in [3.63, 3.8) is 0 Å². The van der Waals surface area contributed by atoms with Crippen molar-refractivity contribution in [1.82, 2.24) is 0 Å². The molecule has 2 N–H and O–H groups in total. The molecule has 0 aromatic heterocycles. The summed E-state index contributed by atoms with van der Waals surface area (Å²) >= 11 is 2.02. The second kappa shape index (κ2) is 7.49. The zero-order chi connectivity index (χ0) is 12.7. The molecule has 1 rings (SSSR count). The van der Waals surface area contributed by atoms with E-state index in [9.17, 15) is 0 Å². The SMILES string of the molecule is CC(C)C(C)SCCCOc1cccc(N)c1. The van der Waals surface area contributed by atoms with Gasteiger partial charge in [-0.3, -0.25) is 0 Å². The van der Waals surface area contributed by atoms with Crippen molar-refractivity contribution in [2.24, 2.45) is 5.92 Å². The molecule has 3 heteroatoms. The van der Waals surface area contributed by atoms with Crippen molar-refractivity contribution in [3.05, 3.63) is 24.3 Å². The molecule has 2 nitrogen and oxygen atoms in total. The number of anilines is 1. The molecule has 0 saturated carbocycles. The fourth-order valence-electron chi connectivity index (χ4n) is 1.31. The highest BCUT2D eigenvalue weighted by atomic mass is 32.2. The van der Waals surface area contributed by atoms with Crippen LogP contribution in [0, 0.1) is 5.92 Å². The van der Waals surface area contributed by atoms with Gasteiger partial charge in [0.15, 0.2) is 0 Å². The van der Waals surface area contributed by atoms with Crippen LogP contribution < -0.4 is 10.5 Å². The van der Waals surface area contributed by atoms with E-state index >= 15 is 0 Å². The fourth-order valence-corrected chi connectivity index (χ4v) is 2.36. The van der Waals surface area contributed by atoms with E-state index in [1.165, 1.54) is 0 Å². The van der Waals surface area contributed by atoms with Gasteiger partial charge in [0.1, 0.15) is 5.75 Å². The van der Waals surface area contributed by atoms with Gasteiger partial charge >= 0.3 is 0 Å². The summed E-state index contributed by atoms with van der Waals surface area (Å²) < 4.78 is 5.64. The Morgan fingerprint density at radius 3 is 2.71 bits per heavy atom. The van der Waals surface area contributed by atoms with Crippen LogP contribution in [0.5, 0.6) is 5.75 Å². The average Bonchev–Trinajstić information content (AvgIpc) is 2.28. The monoisotopic (exact) mass is 253 g/mol. The highest BCUT2D eigenvalue weighted by Gasteiger charge is 2.06. The molecule has 0 bridgehead atoms. The number of rotatable bonds is 7. The Hall–Kier alpha value is -0.830. The summed E-state index contributed by atoms with van der Waals surface area (Å²) in [5.41, 5.74) is 6.43. The number of benzene rings is 1. The van der Waals surface area contributed by atoms with Crippen molar-refractivity contribution in [2.75, 3.05) is 18.1 Å². The highest BCUT2D eigenvalue weighted by Crippen LogP contribution is 2.20. The van der Waals surface area contributed by atoms with E-state index in [2.05, 4.69) is 20.8 Å². The van der Waals surface area contributed by atoms with Crippen LogP contribution in [-0.2, 0) is 0 Å². The number of thioether (sulfide) groups is 1. The molecular weight excluding hydrogens is 230 g/mol. The van der Waals surface area contributed by atoms with E-state index in [0.717, 1.165) is 41.4 Å². The van der Waals surface area contributed by atoms with E-state index in [1.54, 1.807) is 0 Å². The van der Waals surface area contributed by atoms with Gasteiger partial charge in [0, 0.05) is 17.0 Å². The van der Waals surface area contributed by atoms with Gasteiger partial charge in [-0.1, -0.05) is 26.8 Å². The predicted molar refractivity (Wildman–Crippen MR) is 77.7 cm³/mol. The van der Waals surface area contributed by atoms with Gasteiger partial charge in [-0.15, -0.1) is 0 Å². The first kappa shape index (κ1) is 14.2. The van der Waals surface area contributed by atoms with Crippen molar-refractivity contribution in [3.8, 4) is 5.75 Å². The zero-order valence-corrected chi connectivity index (χ0v) is 11.8. The lowest BCUT2D eigenvalue weighted by molar-refractivity contribution is 0.319. The van der Waals surface area contributed by atoms with Crippen molar-refractivity contribution in [1.29, 1.82) is 0 Å². The van der Waals surface area contributed by atoms with Crippen LogP contribution in [0.15, 0.2) is 24.3 Å². The van der Waals surface area contributed by atoms with Gasteiger partial charge in [-0.2, -0.15) is 11.8 Å². The molecule has 96 valence electrons. The highest BCUT2D eigenvalue weighted by molar-refractivity contribution is 7.99. The standard InChI is InChI=1S/C14H23NOS/c1-11(2)12(3)17-9-5-8-16-14-7-4-6-13(15)10-14/h4,6-7,10-12H,5,8-9,15H2,1-3H3. The summed E-state index contributed by atoms with van der Waals surface area (Å²) in [6.45, 7) is 7.58. The molecule has 0 saturated heterocycles. The number of ether oxygens (including phenoxy) is 1. The number of hydrogen-bond donors (Lipinski definition) is 1. The van der Waals surface area contributed by atoms with Gasteiger partial charge in [0.05, 0.1) is 6.61 Å². The molecule has 0 fully saturated rings. The lowest BCUT2D eigenvalue weighted by Crippen LogP contribution is -2.07. The van der Waals surface area contributed by atoms with Gasteiger partial charge in [0.25, 0.3) is 0 Å². The van der Waals surface area contributed by atoms with Crippen molar-refractivity contribution < 1.29 is 4.74 Å². The Morgan fingerprint density at radius 2 is 2.06 bits per heavy atom. The Bertz CT molecular complexity index is 328. The lowest BCUT2D eigenvalue weighted by atomic mass is 10.2. The Morgan fingerprint density at radius 1 is 1.29 bits per heavy atom. The summed E-state index contributed by atoms with van der Waals surface area (Å²) in [5, 5.41) is 0.724. The van der Waals surface area contributed by atoms with Crippen LogP contribution in [0.4, 0.5) is 5.69 Å². The second-order valence-electron chi connectivity index (χ2n) is 4.59. The topological polar surface area (TPSA) is 35.2 Å². The summed E-state index contributed by atoms with van der Waals surface area (Å²) in [7, 11) is 0. The predicted octanol–water partition coefficient (Wildman–Crippen LogP) is 3.82. The molecule has 0 aliphatic rings. The zero-order valence-electron chi connectivity index (χ0n) is 11.0. The molecular formula is C14H23NOS. The maximum Gasteiger partial charge on any atom is 0.121 e. The van der Waals surface area contributed by atoms with E-state index < -0.39 is 0 Å². The minimum Gasteiger partial charge on any atom is -0.493 e. The smallest absolute Gasteiger partial charge is 0.121 e. The molecule has 0 spiro atoms. The molecule has 1 unspecified atom stereocenters. The van der Waals surface area contributed by atoms with E-state index in [4.69, 9.17) is 10.5 Å². The lowest BCUT2D eigenvalue weighted by Gasteiger charge is -2.14. The average molecular weight is 253 g/mol. The number of hydrogen-bond acceptors (Lipinski definition) is 3. The van der Waals surface area contributed by atoms with Gasteiger partial charge < -0.3 is 10.5 Å². The van der Waals surface area contributed by atoms with Crippen LogP contribution in [0.1, 0.15) is 27.2 Å². The van der Waals surface area contributed by atoms with E-state index in [1.807, 2.05) is 36.0 Å². The van der Waals surface area contributed by atoms with Crippen LogP contribution in [0.3, 0.4) is 0 Å². The van der Waals surface area contributed by atoms with Gasteiger partial charge in [0.2, 0.25) is 0 Å². The first-order valence-electron chi connectivity index (χ1n) is 6.19. The molecule has 0 aliphatic heterocycles. The Kier molecular flexibility index (Phi) is 6.27. The van der Waals surface area contributed by atoms with Gasteiger partial charge in [-0.25, -0.2) is 0 Å².